The molecule has 1 amide bonds. The minimum Gasteiger partial charge on any atom is -0.369 e. The molecule has 1 saturated carbocycles. The second kappa shape index (κ2) is 10.7. The normalized spacial score (nSPS) is 22.8. The third-order valence-corrected chi connectivity index (χ3v) is 7.35. The predicted molar refractivity (Wildman–Crippen MR) is 129 cm³/mol. The van der Waals surface area contributed by atoms with Gasteiger partial charge in [-0.15, -0.1) is 0 Å². The topological polar surface area (TPSA) is 73.4 Å². The Morgan fingerprint density at radius 3 is 2.31 bits per heavy atom. The Kier molecular flexibility index (Phi) is 7.44. The van der Waals surface area contributed by atoms with Gasteiger partial charge < -0.3 is 10.6 Å². The number of piperazine rings is 1. The van der Waals surface area contributed by atoms with Gasteiger partial charge >= 0.3 is 0 Å². The Bertz CT molecular complexity index is 922. The zero-order chi connectivity index (χ0) is 22.3. The van der Waals surface area contributed by atoms with Gasteiger partial charge in [0.1, 0.15) is 5.92 Å². The first-order valence-electron chi connectivity index (χ1n) is 12.0. The van der Waals surface area contributed by atoms with E-state index in [2.05, 4.69) is 70.5 Å². The van der Waals surface area contributed by atoms with Gasteiger partial charge in [-0.3, -0.25) is 9.69 Å². The molecule has 0 aromatic heterocycles. The summed E-state index contributed by atoms with van der Waals surface area (Å²) in [6.07, 6.45) is 5.35. The second-order valence-corrected chi connectivity index (χ2v) is 9.32. The van der Waals surface area contributed by atoms with E-state index >= 15 is 0 Å². The van der Waals surface area contributed by atoms with Gasteiger partial charge in [-0.2, -0.15) is 5.26 Å². The maximum Gasteiger partial charge on any atom is 0.235 e. The van der Waals surface area contributed by atoms with Gasteiger partial charge in [-0.05, 0) is 60.9 Å². The highest BCUT2D eigenvalue weighted by atomic mass is 16.1. The van der Waals surface area contributed by atoms with Crippen molar-refractivity contribution in [2.24, 2.45) is 23.5 Å². The number of benzene rings is 2. The third kappa shape index (κ3) is 5.49. The molecule has 2 N–H and O–H groups in total. The Balaban J connectivity index is 1.22. The predicted octanol–water partition coefficient (Wildman–Crippen LogP) is 4.30. The van der Waals surface area contributed by atoms with Crippen LogP contribution in [-0.4, -0.2) is 43.5 Å². The fourth-order valence-corrected chi connectivity index (χ4v) is 5.32. The van der Waals surface area contributed by atoms with E-state index in [1.54, 1.807) is 0 Å². The zero-order valence-electron chi connectivity index (χ0n) is 18.8. The Hall–Kier alpha value is -2.84. The fourth-order valence-electron chi connectivity index (χ4n) is 5.32. The zero-order valence-corrected chi connectivity index (χ0v) is 18.8. The van der Waals surface area contributed by atoms with Crippen LogP contribution in [0.15, 0.2) is 54.6 Å². The molecule has 1 atom stereocenters. The Labute approximate surface area is 191 Å². The minimum absolute atomic E-state index is 0.156. The van der Waals surface area contributed by atoms with Gasteiger partial charge in [0.2, 0.25) is 5.91 Å². The van der Waals surface area contributed by atoms with Crippen LogP contribution in [0.5, 0.6) is 0 Å². The first-order chi connectivity index (χ1) is 15.6. The number of carbonyl (C=O) groups excluding carboxylic acids is 1. The number of nitriles is 1. The number of anilines is 1. The monoisotopic (exact) mass is 430 g/mol. The van der Waals surface area contributed by atoms with Crippen LogP contribution in [0.3, 0.4) is 0 Å². The average Bonchev–Trinajstić information content (AvgIpc) is 2.85. The highest BCUT2D eigenvalue weighted by molar-refractivity contribution is 5.79. The van der Waals surface area contributed by atoms with Gasteiger partial charge in [-0.1, -0.05) is 55.3 Å². The molecule has 2 aromatic rings. The quantitative estimate of drug-likeness (QED) is 0.711. The lowest BCUT2D eigenvalue weighted by Gasteiger charge is -2.37. The largest absolute Gasteiger partial charge is 0.369 e. The van der Waals surface area contributed by atoms with Crippen molar-refractivity contribution in [2.75, 3.05) is 37.6 Å². The minimum atomic E-state index is -0.607. The summed E-state index contributed by atoms with van der Waals surface area (Å²) in [5, 5.41) is 9.20. The molecule has 5 heteroatoms. The van der Waals surface area contributed by atoms with E-state index in [1.807, 2.05) is 0 Å². The highest BCUT2D eigenvalue weighted by Gasteiger charge is 2.31. The molecule has 168 valence electrons. The molecule has 0 radical (unpaired) electrons. The Morgan fingerprint density at radius 2 is 1.66 bits per heavy atom. The van der Waals surface area contributed by atoms with Crippen LogP contribution in [0.4, 0.5) is 5.69 Å². The van der Waals surface area contributed by atoms with Crippen molar-refractivity contribution in [3.8, 4) is 17.2 Å². The Morgan fingerprint density at radius 1 is 0.969 bits per heavy atom. The van der Waals surface area contributed by atoms with E-state index in [0.717, 1.165) is 58.4 Å². The molecule has 2 fully saturated rings. The van der Waals surface area contributed by atoms with E-state index in [-0.39, 0.29) is 5.92 Å². The van der Waals surface area contributed by atoms with E-state index in [4.69, 9.17) is 5.73 Å². The molecule has 1 saturated heterocycles. The van der Waals surface area contributed by atoms with Crippen LogP contribution in [0.1, 0.15) is 32.1 Å². The van der Waals surface area contributed by atoms with E-state index in [9.17, 15) is 10.1 Å². The van der Waals surface area contributed by atoms with E-state index < -0.39 is 11.8 Å². The van der Waals surface area contributed by atoms with Crippen molar-refractivity contribution in [1.29, 1.82) is 5.26 Å². The number of hydrogen-bond acceptors (Lipinski definition) is 4. The van der Waals surface area contributed by atoms with E-state index in [1.165, 1.54) is 23.2 Å². The van der Waals surface area contributed by atoms with Crippen molar-refractivity contribution in [3.63, 3.8) is 0 Å². The SMILES string of the molecule is N#CC(C(N)=O)C1CCC(CCN2CCN(c3cccc(-c4ccccc4)c3)CC2)CC1. The number of nitrogens with two attached hydrogens (primary N) is 1. The van der Waals surface area contributed by atoms with Gasteiger partial charge in [0.05, 0.1) is 6.07 Å². The molecular weight excluding hydrogens is 396 g/mol. The molecule has 2 aromatic carbocycles. The molecule has 1 aliphatic heterocycles. The number of nitrogens with zero attached hydrogens (tertiary/aromatic N) is 3. The average molecular weight is 431 g/mol. The molecule has 32 heavy (non-hydrogen) atoms. The van der Waals surface area contributed by atoms with Crippen LogP contribution in [-0.2, 0) is 4.79 Å². The van der Waals surface area contributed by atoms with Crippen molar-refractivity contribution in [1.82, 2.24) is 4.90 Å². The van der Waals surface area contributed by atoms with Gasteiger partial charge in [0, 0.05) is 31.9 Å². The van der Waals surface area contributed by atoms with Gasteiger partial charge in [0.25, 0.3) is 0 Å². The molecule has 0 bridgehead atoms. The summed E-state index contributed by atoms with van der Waals surface area (Å²) in [5.74, 6) is -0.199. The van der Waals surface area contributed by atoms with Crippen LogP contribution < -0.4 is 10.6 Å². The van der Waals surface area contributed by atoms with Crippen LogP contribution >= 0.6 is 0 Å². The third-order valence-electron chi connectivity index (χ3n) is 7.35. The summed E-state index contributed by atoms with van der Waals surface area (Å²) in [5.41, 5.74) is 9.24. The van der Waals surface area contributed by atoms with Crippen molar-refractivity contribution in [2.45, 2.75) is 32.1 Å². The van der Waals surface area contributed by atoms with Crippen molar-refractivity contribution in [3.05, 3.63) is 54.6 Å². The fraction of sp³-hybridized carbons (Fsp3) is 0.481. The summed E-state index contributed by atoms with van der Waals surface area (Å²) < 4.78 is 0. The smallest absolute Gasteiger partial charge is 0.235 e. The molecule has 0 spiro atoms. The number of hydrogen-bond donors (Lipinski definition) is 1. The first-order valence-corrected chi connectivity index (χ1v) is 12.0. The van der Waals surface area contributed by atoms with Crippen molar-refractivity contribution < 1.29 is 4.79 Å². The van der Waals surface area contributed by atoms with Gasteiger partial charge in [-0.25, -0.2) is 0 Å². The molecular formula is C27H34N4O. The summed E-state index contributed by atoms with van der Waals surface area (Å²) in [6.45, 7) is 5.47. The number of primary amides is 1. The van der Waals surface area contributed by atoms with E-state index in [0.29, 0.717) is 5.92 Å². The number of carbonyl (C=O) groups is 1. The second-order valence-electron chi connectivity index (χ2n) is 9.32. The lowest BCUT2D eigenvalue weighted by atomic mass is 9.75. The summed E-state index contributed by atoms with van der Waals surface area (Å²) >= 11 is 0. The standard InChI is InChI=1S/C27H34N4O/c28-20-26(27(29)32)23-11-9-21(10-12-23)13-14-30-15-17-31(18-16-30)25-8-4-7-24(19-25)22-5-2-1-3-6-22/h1-8,19,21,23,26H,9-18H2,(H2,29,32). The molecule has 1 aliphatic carbocycles. The van der Waals surface area contributed by atoms with Crippen LogP contribution in [0, 0.1) is 29.1 Å². The van der Waals surface area contributed by atoms with Gasteiger partial charge in [0.15, 0.2) is 0 Å². The number of rotatable bonds is 7. The molecule has 1 unspecified atom stereocenters. The lowest BCUT2D eigenvalue weighted by Crippen LogP contribution is -2.47. The lowest BCUT2D eigenvalue weighted by molar-refractivity contribution is -0.122. The molecule has 4 rings (SSSR count). The maximum absolute atomic E-state index is 11.5. The molecule has 2 aliphatic rings. The van der Waals surface area contributed by atoms with Crippen LogP contribution in [0.25, 0.3) is 11.1 Å². The van der Waals surface area contributed by atoms with Crippen molar-refractivity contribution >= 4 is 11.6 Å². The summed E-state index contributed by atoms with van der Waals surface area (Å²) in [6, 6.07) is 21.6. The highest BCUT2D eigenvalue weighted by Crippen LogP contribution is 2.35. The first kappa shape index (κ1) is 22.4. The van der Waals surface area contributed by atoms with Crippen LogP contribution in [0.2, 0.25) is 0 Å². The molecule has 5 nitrogen and oxygen atoms in total. The molecule has 1 heterocycles. The summed E-state index contributed by atoms with van der Waals surface area (Å²) in [7, 11) is 0. The number of amides is 1. The summed E-state index contributed by atoms with van der Waals surface area (Å²) in [4.78, 5) is 16.5. The maximum atomic E-state index is 11.5.